The number of carbonyl (C=O) groups excluding carboxylic acids is 1. The molecule has 0 spiro atoms. The van der Waals surface area contributed by atoms with Gasteiger partial charge in [-0.1, -0.05) is 18.7 Å². The molecule has 0 aliphatic carbocycles. The van der Waals surface area contributed by atoms with Gasteiger partial charge in [0.05, 0.1) is 10.6 Å². The van der Waals surface area contributed by atoms with E-state index in [1.54, 1.807) is 28.6 Å². The summed E-state index contributed by atoms with van der Waals surface area (Å²) in [4.78, 5) is 14.7. The molecule has 0 bridgehead atoms. The van der Waals surface area contributed by atoms with E-state index < -0.39 is 10.0 Å². The Morgan fingerprint density at radius 2 is 1.71 bits per heavy atom. The highest BCUT2D eigenvalue weighted by Crippen LogP contribution is 2.26. The molecule has 1 aromatic carbocycles. The third kappa shape index (κ3) is 4.80. The first-order valence-corrected chi connectivity index (χ1v) is 13.2. The molecule has 2 aromatic rings. The lowest BCUT2D eigenvalue weighted by molar-refractivity contribution is -0.129. The van der Waals surface area contributed by atoms with Crippen molar-refractivity contribution >= 4 is 27.7 Å². The Bertz CT molecular complexity index is 1020. The maximum Gasteiger partial charge on any atom is 0.243 e. The largest absolute Gasteiger partial charge is 0.342 e. The molecule has 10 heteroatoms. The zero-order valence-corrected chi connectivity index (χ0v) is 19.7. The van der Waals surface area contributed by atoms with Gasteiger partial charge in [0.25, 0.3) is 0 Å². The number of amides is 1. The first kappa shape index (κ1) is 22.3. The van der Waals surface area contributed by atoms with Gasteiger partial charge in [-0.25, -0.2) is 8.42 Å². The van der Waals surface area contributed by atoms with Crippen LogP contribution in [0.4, 0.5) is 0 Å². The lowest BCUT2D eigenvalue weighted by atomic mass is 9.99. The van der Waals surface area contributed by atoms with Crippen LogP contribution in [0.1, 0.15) is 32.6 Å². The predicted molar refractivity (Wildman–Crippen MR) is 120 cm³/mol. The number of hydrogen-bond donors (Lipinski definition) is 0. The van der Waals surface area contributed by atoms with E-state index in [0.717, 1.165) is 44.3 Å². The Hall–Kier alpha value is -1.91. The summed E-state index contributed by atoms with van der Waals surface area (Å²) in [5, 5.41) is 9.17. The Morgan fingerprint density at radius 1 is 1.06 bits per heavy atom. The van der Waals surface area contributed by atoms with Gasteiger partial charge in [-0.2, -0.15) is 4.31 Å². The molecule has 0 radical (unpaired) electrons. The first-order chi connectivity index (χ1) is 14.9. The fourth-order valence-corrected chi connectivity index (χ4v) is 6.35. The molecule has 168 valence electrons. The highest BCUT2D eigenvalue weighted by Gasteiger charge is 2.27. The summed E-state index contributed by atoms with van der Waals surface area (Å²) in [6.07, 6.45) is 3.95. The van der Waals surface area contributed by atoms with E-state index in [-0.39, 0.29) is 5.91 Å². The number of aromatic nitrogens is 3. The van der Waals surface area contributed by atoms with Crippen LogP contribution in [0.15, 0.2) is 34.3 Å². The molecule has 2 fully saturated rings. The predicted octanol–water partition coefficient (Wildman–Crippen LogP) is 2.62. The summed E-state index contributed by atoms with van der Waals surface area (Å²) in [5.41, 5.74) is 0.790. The van der Waals surface area contributed by atoms with E-state index >= 15 is 0 Å². The molecule has 3 heterocycles. The molecular weight excluding hydrogens is 434 g/mol. The van der Waals surface area contributed by atoms with Crippen molar-refractivity contribution in [3.05, 3.63) is 24.3 Å². The number of likely N-dealkylation sites (tertiary alicyclic amines) is 1. The fourth-order valence-electron chi connectivity index (χ4n) is 4.02. The van der Waals surface area contributed by atoms with Crippen LogP contribution in [0.25, 0.3) is 11.4 Å². The maximum absolute atomic E-state index is 12.7. The zero-order valence-electron chi connectivity index (χ0n) is 18.0. The van der Waals surface area contributed by atoms with E-state index in [0.29, 0.717) is 40.6 Å². The van der Waals surface area contributed by atoms with E-state index in [1.165, 1.54) is 11.8 Å². The van der Waals surface area contributed by atoms with Crippen molar-refractivity contribution in [2.45, 2.75) is 42.7 Å². The number of sulfonamides is 1. The molecular formula is C21H29N5O3S2. The number of thioether (sulfide) groups is 1. The normalized spacial score (nSPS) is 18.6. The SMILES string of the molecule is CC1CCN(C(=O)CSc2nnc(-c3ccc(S(=O)(=O)N4CCCC4)cc3)n2C)CC1. The summed E-state index contributed by atoms with van der Waals surface area (Å²) in [6.45, 7) is 5.06. The van der Waals surface area contributed by atoms with Gasteiger partial charge < -0.3 is 9.47 Å². The molecule has 1 aromatic heterocycles. The van der Waals surface area contributed by atoms with Gasteiger partial charge in [0.15, 0.2) is 11.0 Å². The molecule has 0 atom stereocenters. The molecule has 0 unspecified atom stereocenters. The monoisotopic (exact) mass is 463 g/mol. The fraction of sp³-hybridized carbons (Fsp3) is 0.571. The smallest absolute Gasteiger partial charge is 0.243 e. The number of carbonyl (C=O) groups is 1. The lowest BCUT2D eigenvalue weighted by Crippen LogP contribution is -2.38. The molecule has 2 saturated heterocycles. The third-order valence-electron chi connectivity index (χ3n) is 6.11. The first-order valence-electron chi connectivity index (χ1n) is 10.8. The Labute approximate surface area is 188 Å². The second-order valence-electron chi connectivity index (χ2n) is 8.35. The van der Waals surface area contributed by atoms with Gasteiger partial charge in [-0.05, 0) is 55.9 Å². The van der Waals surface area contributed by atoms with Crippen LogP contribution in [0.2, 0.25) is 0 Å². The molecule has 4 rings (SSSR count). The van der Waals surface area contributed by atoms with Crippen LogP contribution in [-0.2, 0) is 21.9 Å². The summed E-state index contributed by atoms with van der Waals surface area (Å²) in [7, 11) is -1.57. The minimum absolute atomic E-state index is 0.137. The average Bonchev–Trinajstić information content (AvgIpc) is 3.43. The van der Waals surface area contributed by atoms with Gasteiger partial charge in [0, 0.05) is 38.8 Å². The van der Waals surface area contributed by atoms with Gasteiger partial charge in [-0.3, -0.25) is 4.79 Å². The van der Waals surface area contributed by atoms with Crippen LogP contribution < -0.4 is 0 Å². The Balaban J connectivity index is 1.41. The Kier molecular flexibility index (Phi) is 6.68. The van der Waals surface area contributed by atoms with Crippen molar-refractivity contribution < 1.29 is 13.2 Å². The molecule has 31 heavy (non-hydrogen) atoms. The van der Waals surface area contributed by atoms with Crippen LogP contribution in [-0.4, -0.2) is 70.2 Å². The maximum atomic E-state index is 12.7. The number of benzene rings is 1. The molecule has 1 amide bonds. The third-order valence-corrected chi connectivity index (χ3v) is 9.03. The van der Waals surface area contributed by atoms with Crippen LogP contribution in [0.3, 0.4) is 0 Å². The molecule has 2 aliphatic rings. The van der Waals surface area contributed by atoms with Crippen molar-refractivity contribution in [1.29, 1.82) is 0 Å². The lowest BCUT2D eigenvalue weighted by Gasteiger charge is -2.30. The van der Waals surface area contributed by atoms with E-state index in [4.69, 9.17) is 0 Å². The van der Waals surface area contributed by atoms with Crippen LogP contribution >= 0.6 is 11.8 Å². The second-order valence-corrected chi connectivity index (χ2v) is 11.2. The van der Waals surface area contributed by atoms with Crippen molar-refractivity contribution in [2.24, 2.45) is 13.0 Å². The van der Waals surface area contributed by atoms with E-state index in [1.807, 2.05) is 16.5 Å². The quantitative estimate of drug-likeness (QED) is 0.612. The molecule has 0 N–H and O–H groups in total. The van der Waals surface area contributed by atoms with Crippen LogP contribution in [0.5, 0.6) is 0 Å². The van der Waals surface area contributed by atoms with Gasteiger partial charge in [0.2, 0.25) is 15.9 Å². The standard InChI is InChI=1S/C21H29N5O3S2/c1-16-9-13-25(14-10-16)19(27)15-30-21-23-22-20(24(21)2)17-5-7-18(8-6-17)31(28,29)26-11-3-4-12-26/h5-8,16H,3-4,9-15H2,1-2H3. The number of piperidine rings is 1. The Morgan fingerprint density at radius 3 is 2.35 bits per heavy atom. The number of rotatable bonds is 6. The molecule has 0 saturated carbocycles. The molecule has 8 nitrogen and oxygen atoms in total. The highest BCUT2D eigenvalue weighted by molar-refractivity contribution is 7.99. The topological polar surface area (TPSA) is 88.4 Å². The minimum atomic E-state index is -3.43. The summed E-state index contributed by atoms with van der Waals surface area (Å²) in [6, 6.07) is 6.79. The zero-order chi connectivity index (χ0) is 22.0. The highest BCUT2D eigenvalue weighted by atomic mass is 32.2. The molecule has 2 aliphatic heterocycles. The van der Waals surface area contributed by atoms with Crippen molar-refractivity contribution in [1.82, 2.24) is 24.0 Å². The van der Waals surface area contributed by atoms with Crippen molar-refractivity contribution in [3.8, 4) is 11.4 Å². The summed E-state index contributed by atoms with van der Waals surface area (Å²) >= 11 is 1.38. The number of hydrogen-bond acceptors (Lipinski definition) is 6. The van der Waals surface area contributed by atoms with Gasteiger partial charge in [0.1, 0.15) is 0 Å². The summed E-state index contributed by atoms with van der Waals surface area (Å²) in [5.74, 6) is 1.81. The summed E-state index contributed by atoms with van der Waals surface area (Å²) < 4.78 is 28.8. The van der Waals surface area contributed by atoms with E-state index in [2.05, 4.69) is 17.1 Å². The average molecular weight is 464 g/mol. The van der Waals surface area contributed by atoms with Crippen molar-refractivity contribution in [2.75, 3.05) is 31.9 Å². The van der Waals surface area contributed by atoms with Gasteiger partial charge in [-0.15, -0.1) is 10.2 Å². The van der Waals surface area contributed by atoms with E-state index in [9.17, 15) is 13.2 Å². The van der Waals surface area contributed by atoms with Crippen LogP contribution in [0, 0.1) is 5.92 Å². The van der Waals surface area contributed by atoms with Crippen molar-refractivity contribution in [3.63, 3.8) is 0 Å². The van der Waals surface area contributed by atoms with Gasteiger partial charge >= 0.3 is 0 Å². The second kappa shape index (κ2) is 9.30. The minimum Gasteiger partial charge on any atom is -0.342 e. The number of nitrogens with zero attached hydrogens (tertiary/aromatic N) is 5.